The van der Waals surface area contributed by atoms with Crippen molar-refractivity contribution in [1.29, 1.82) is 0 Å². The van der Waals surface area contributed by atoms with Crippen molar-refractivity contribution in [2.24, 2.45) is 5.41 Å². The molecular weight excluding hydrogens is 1260 g/mol. The number of carbonyl (C=O) groups excluding carboxylic acids is 6. The zero-order valence-electron chi connectivity index (χ0n) is 51.4. The molecule has 4 aromatic rings. The van der Waals surface area contributed by atoms with Crippen molar-refractivity contribution in [2.75, 3.05) is 80.2 Å². The number of alkyl halides is 5. The summed E-state index contributed by atoms with van der Waals surface area (Å²) in [5, 5.41) is 11.5. The van der Waals surface area contributed by atoms with E-state index in [1.165, 1.54) is 35.5 Å². The summed E-state index contributed by atoms with van der Waals surface area (Å²) in [5.41, 5.74) is -1.77. The number of thioether (sulfide) groups is 1. The number of allylic oxidation sites excluding steroid dienone is 2. The first kappa shape index (κ1) is 69.1. The molecule has 1 aliphatic carbocycles. The lowest BCUT2D eigenvalue weighted by atomic mass is 9.72. The van der Waals surface area contributed by atoms with Gasteiger partial charge in [0.05, 0.1) is 21.7 Å². The molecule has 4 heterocycles. The Morgan fingerprint density at radius 2 is 1.51 bits per heavy atom. The van der Waals surface area contributed by atoms with E-state index in [2.05, 4.69) is 56.4 Å². The second-order valence-electron chi connectivity index (χ2n) is 24.8. The Bertz CT molecular complexity index is 3670. The van der Waals surface area contributed by atoms with Crippen molar-refractivity contribution in [2.45, 2.75) is 142 Å². The van der Waals surface area contributed by atoms with Crippen LogP contribution in [-0.2, 0) is 34.2 Å². The summed E-state index contributed by atoms with van der Waals surface area (Å²) in [6, 6.07) is 20.5. The van der Waals surface area contributed by atoms with Crippen molar-refractivity contribution in [3.05, 3.63) is 131 Å². The first-order valence-corrected chi connectivity index (χ1v) is 34.9. The van der Waals surface area contributed by atoms with Gasteiger partial charge < -0.3 is 25.8 Å². The summed E-state index contributed by atoms with van der Waals surface area (Å²) in [6.45, 7) is 13.9. The van der Waals surface area contributed by atoms with E-state index in [-0.39, 0.29) is 71.9 Å². The summed E-state index contributed by atoms with van der Waals surface area (Å²) >= 11 is 1.39. The fourth-order valence-electron chi connectivity index (χ4n) is 12.3. The molecule has 0 aromatic heterocycles. The quantitative estimate of drug-likeness (QED) is 0.0161. The Kier molecular flexibility index (Phi) is 22.4. The number of amides is 6. The van der Waals surface area contributed by atoms with Gasteiger partial charge in [-0.25, -0.2) is 30.3 Å². The fourth-order valence-corrected chi connectivity index (χ4v) is 15.3. The maximum absolute atomic E-state index is 14.5. The number of halogens is 5. The molecule has 3 saturated heterocycles. The van der Waals surface area contributed by atoms with Crippen LogP contribution in [0.1, 0.15) is 128 Å². The predicted octanol–water partition coefficient (Wildman–Crippen LogP) is 9.56. The molecule has 5 aliphatic rings. The van der Waals surface area contributed by atoms with E-state index in [0.29, 0.717) is 103 Å². The molecule has 0 radical (unpaired) electrons. The maximum Gasteiger partial charge on any atom is 0.501 e. The van der Waals surface area contributed by atoms with E-state index in [1.54, 1.807) is 24.3 Å². The number of carbonyl (C=O) groups is 6. The van der Waals surface area contributed by atoms with Crippen LogP contribution < -0.4 is 30.9 Å². The SMILES string of the molecule is C=C(CCC(F)F)C1=C(CN2CCN(c3ccc(C(=O)NS(=O)(=O)c4ccc(N[C@H](CCN5CCC(NC(=O)CCCCNc6cccc7c6C(=O)N(C6CCC(=O)NC6=O)C7=O)CC5)CSc5ccccc5)c(S(=O)(=O)C(F)(F)F)c4)cc3)CC2)CCC(C)(C)C1. The predicted molar refractivity (Wildman–Crippen MR) is 341 cm³/mol. The van der Waals surface area contributed by atoms with Crippen LogP contribution in [0.4, 0.5) is 39.0 Å². The number of imide groups is 2. The average molecular weight is 1340 g/mol. The highest BCUT2D eigenvalue weighted by atomic mass is 32.2. The van der Waals surface area contributed by atoms with Gasteiger partial charge in [-0.05, 0) is 142 Å². The highest BCUT2D eigenvalue weighted by Gasteiger charge is 2.49. The Morgan fingerprint density at radius 1 is 0.793 bits per heavy atom. The van der Waals surface area contributed by atoms with Crippen LogP contribution in [0.5, 0.6) is 0 Å². The van der Waals surface area contributed by atoms with Gasteiger partial charge in [-0.3, -0.25) is 43.9 Å². The third-order valence-corrected chi connectivity index (χ3v) is 21.6. The molecule has 0 saturated carbocycles. The van der Waals surface area contributed by atoms with Gasteiger partial charge in [0.15, 0.2) is 0 Å². The number of sulfone groups is 1. The normalized spacial score (nSPS) is 19.0. The summed E-state index contributed by atoms with van der Waals surface area (Å²) < 4.78 is 126. The molecule has 0 spiro atoms. The van der Waals surface area contributed by atoms with Gasteiger partial charge in [-0.15, -0.1) is 11.8 Å². The molecule has 9 rings (SSSR count). The number of likely N-dealkylation sites (tertiary alicyclic amines) is 1. The van der Waals surface area contributed by atoms with E-state index in [1.807, 2.05) is 35.1 Å². The molecule has 6 amide bonds. The number of fused-ring (bicyclic) bond motifs is 1. The lowest BCUT2D eigenvalue weighted by Gasteiger charge is -2.39. The standard InChI is InChI=1S/C65H78F5N9O10S3/c1-42(15-23-56(66)67)51-39-64(2,3)29-25-44(51)40-77-34-36-78(37-35-77)47-18-16-43(17-19-47)60(82)75-92(88,89)49-20-21-52(55(38-49)91(86,87)65(68,69)70)72-46(41-90-48-10-5-4-6-11-48)28-33-76-31-26-45(27-32-76)73-57(80)14-7-8-30-71-53-13-9-12-50-59(53)63(85)79(62(50)84)54-22-24-58(81)74-61(54)83/h4-6,9-13,16-21,38,45-46,54,56,71-72H,1,7-8,14-15,22-37,39-41H2,2-3H3,(H,73,80)(H,75,82)(H,74,81,83)/t46-,54?/m1/s1. The number of anilines is 3. The molecule has 4 aliphatic heterocycles. The fraction of sp³-hybridized carbons (Fsp3) is 0.477. The number of piperidine rings is 2. The van der Waals surface area contributed by atoms with Gasteiger partial charge in [0.2, 0.25) is 24.1 Å². The first-order chi connectivity index (χ1) is 43.7. The Balaban J connectivity index is 0.767. The smallest absolute Gasteiger partial charge is 0.384 e. The number of sulfonamides is 1. The molecule has 5 N–H and O–H groups in total. The van der Waals surface area contributed by atoms with Gasteiger partial charge in [-0.2, -0.15) is 13.2 Å². The Hall–Kier alpha value is -7.20. The lowest BCUT2D eigenvalue weighted by Crippen LogP contribution is -2.54. The number of benzene rings is 4. The Labute approximate surface area is 537 Å². The molecule has 0 bridgehead atoms. The number of rotatable bonds is 27. The van der Waals surface area contributed by atoms with E-state index in [9.17, 15) is 67.6 Å². The minimum atomic E-state index is -6.18. The zero-order chi connectivity index (χ0) is 66.1. The maximum atomic E-state index is 14.5. The molecule has 92 heavy (non-hydrogen) atoms. The lowest BCUT2D eigenvalue weighted by molar-refractivity contribution is -0.136. The zero-order valence-corrected chi connectivity index (χ0v) is 53.9. The minimum Gasteiger partial charge on any atom is -0.384 e. The topological polar surface area (TPSA) is 244 Å². The first-order valence-electron chi connectivity index (χ1n) is 31.0. The second-order valence-corrected chi connectivity index (χ2v) is 29.5. The average Bonchev–Trinajstić information content (AvgIpc) is 1.75. The van der Waals surface area contributed by atoms with Crippen LogP contribution in [0.3, 0.4) is 0 Å². The number of unbranched alkanes of at least 4 members (excludes halogenated alkanes) is 1. The third kappa shape index (κ3) is 17.3. The number of nitrogens with zero attached hydrogens (tertiary/aromatic N) is 4. The van der Waals surface area contributed by atoms with Gasteiger partial charge in [0, 0.05) is 118 Å². The monoisotopic (exact) mass is 1340 g/mol. The van der Waals surface area contributed by atoms with Gasteiger partial charge in [0.25, 0.3) is 37.6 Å². The highest BCUT2D eigenvalue weighted by Crippen LogP contribution is 2.43. The van der Waals surface area contributed by atoms with Crippen LogP contribution in [0, 0.1) is 5.41 Å². The van der Waals surface area contributed by atoms with E-state index < -0.39 is 88.9 Å². The molecule has 2 atom stereocenters. The highest BCUT2D eigenvalue weighted by molar-refractivity contribution is 7.99. The molecule has 1 unspecified atom stereocenters. The van der Waals surface area contributed by atoms with Crippen LogP contribution in [0.25, 0.3) is 0 Å². The minimum absolute atomic E-state index is 0.00173. The number of hydrogen-bond donors (Lipinski definition) is 5. The molecular formula is C65H78F5N9O10S3. The molecule has 27 heteroatoms. The van der Waals surface area contributed by atoms with Crippen LogP contribution >= 0.6 is 11.8 Å². The summed E-state index contributed by atoms with van der Waals surface area (Å²) in [4.78, 5) is 83.6. The van der Waals surface area contributed by atoms with Crippen molar-refractivity contribution in [3.8, 4) is 0 Å². The molecule has 3 fully saturated rings. The van der Waals surface area contributed by atoms with E-state index in [0.717, 1.165) is 58.0 Å². The van der Waals surface area contributed by atoms with E-state index >= 15 is 0 Å². The molecule has 4 aromatic carbocycles. The number of nitrogens with one attached hydrogen (secondary N) is 5. The largest absolute Gasteiger partial charge is 0.501 e. The molecule has 496 valence electrons. The van der Waals surface area contributed by atoms with Gasteiger partial charge in [-0.1, -0.05) is 55.8 Å². The second kappa shape index (κ2) is 29.8. The van der Waals surface area contributed by atoms with Crippen LogP contribution in [-0.4, -0.2) is 162 Å². The number of hydrogen-bond acceptors (Lipinski definition) is 16. The summed E-state index contributed by atoms with van der Waals surface area (Å²) in [5.74, 6) is -3.39. The summed E-state index contributed by atoms with van der Waals surface area (Å²) in [7, 11) is -11.1. The summed E-state index contributed by atoms with van der Waals surface area (Å²) in [6.07, 6.45) is 3.10. The van der Waals surface area contributed by atoms with Gasteiger partial charge in [0.1, 0.15) is 10.9 Å². The van der Waals surface area contributed by atoms with Crippen LogP contribution in [0.2, 0.25) is 0 Å². The van der Waals surface area contributed by atoms with Crippen molar-refractivity contribution >= 4 is 84.1 Å². The number of piperazine rings is 1. The molecule has 19 nitrogen and oxygen atoms in total. The van der Waals surface area contributed by atoms with Crippen molar-refractivity contribution in [1.82, 2.24) is 30.1 Å². The van der Waals surface area contributed by atoms with Gasteiger partial charge >= 0.3 is 5.51 Å². The van der Waals surface area contributed by atoms with E-state index in [4.69, 9.17) is 0 Å². The Morgan fingerprint density at radius 3 is 2.20 bits per heavy atom. The van der Waals surface area contributed by atoms with Crippen LogP contribution in [0.15, 0.2) is 129 Å². The third-order valence-electron chi connectivity index (χ3n) is 17.6. The van der Waals surface area contributed by atoms with Crippen molar-refractivity contribution < 1.29 is 67.6 Å². The van der Waals surface area contributed by atoms with Crippen molar-refractivity contribution in [3.63, 3.8) is 0 Å².